The largest absolute Gasteiger partial charge is 0.481 e. The van der Waals surface area contributed by atoms with Gasteiger partial charge in [0, 0.05) is 6.54 Å². The Morgan fingerprint density at radius 2 is 1.67 bits per heavy atom. The zero-order valence-electron chi connectivity index (χ0n) is 13.6. The van der Waals surface area contributed by atoms with Gasteiger partial charge in [-0.25, -0.2) is 8.78 Å². The number of carboxylic acid groups (broad SMARTS) is 1. The number of carbonyl (C=O) groups is 3. The van der Waals surface area contributed by atoms with Crippen molar-refractivity contribution in [1.82, 2.24) is 10.6 Å². The van der Waals surface area contributed by atoms with Gasteiger partial charge in [-0.3, -0.25) is 14.4 Å². The predicted octanol–water partition coefficient (Wildman–Crippen LogP) is 1.56. The average Bonchev–Trinajstić information content (AvgIpc) is 2.49. The van der Waals surface area contributed by atoms with E-state index in [0.29, 0.717) is 0 Å². The van der Waals surface area contributed by atoms with Crippen molar-refractivity contribution in [2.75, 3.05) is 6.54 Å². The molecule has 1 aromatic carbocycles. The fourth-order valence-corrected chi connectivity index (χ4v) is 1.91. The van der Waals surface area contributed by atoms with E-state index in [-0.39, 0.29) is 12.5 Å². The quantitative estimate of drug-likeness (QED) is 0.701. The van der Waals surface area contributed by atoms with Crippen molar-refractivity contribution in [1.29, 1.82) is 0 Å². The van der Waals surface area contributed by atoms with Crippen molar-refractivity contribution >= 4 is 17.8 Å². The van der Waals surface area contributed by atoms with Crippen LogP contribution in [0.25, 0.3) is 0 Å². The van der Waals surface area contributed by atoms with E-state index in [1.165, 1.54) is 6.92 Å². The number of carboxylic acids is 1. The zero-order valence-corrected chi connectivity index (χ0v) is 13.6. The van der Waals surface area contributed by atoms with Crippen molar-refractivity contribution < 1.29 is 28.3 Å². The summed E-state index contributed by atoms with van der Waals surface area (Å²) in [5.41, 5.74) is -0.769. The standard InChI is InChI=1S/C16H20F2N2O4/c1-8(2)13(15(22)19-7-9(3)16(23)24)20-14(21)12-10(17)5-4-6-11(12)18/h4-6,8-9,13H,7H2,1-3H3,(H,19,22)(H,20,21)(H,23,24). The number of halogens is 2. The number of hydrogen-bond acceptors (Lipinski definition) is 3. The van der Waals surface area contributed by atoms with Gasteiger partial charge >= 0.3 is 5.97 Å². The minimum absolute atomic E-state index is 0.124. The predicted molar refractivity (Wildman–Crippen MR) is 82.3 cm³/mol. The van der Waals surface area contributed by atoms with Gasteiger partial charge in [0.05, 0.1) is 5.92 Å². The van der Waals surface area contributed by atoms with Gasteiger partial charge in [0.25, 0.3) is 5.91 Å². The van der Waals surface area contributed by atoms with Crippen LogP contribution in [0.15, 0.2) is 18.2 Å². The second kappa shape index (κ2) is 8.37. The molecule has 0 spiro atoms. The molecule has 1 rings (SSSR count). The maximum atomic E-state index is 13.6. The van der Waals surface area contributed by atoms with Gasteiger partial charge in [0.1, 0.15) is 23.2 Å². The summed E-state index contributed by atoms with van der Waals surface area (Å²) in [5.74, 6) is -5.99. The molecule has 0 aromatic heterocycles. The third-order valence-electron chi connectivity index (χ3n) is 3.43. The van der Waals surface area contributed by atoms with Gasteiger partial charge in [0.2, 0.25) is 5.91 Å². The molecule has 3 N–H and O–H groups in total. The SMILES string of the molecule is CC(CNC(=O)C(NC(=O)c1c(F)cccc1F)C(C)C)C(=O)O. The lowest BCUT2D eigenvalue weighted by molar-refractivity contribution is -0.141. The molecule has 0 aliphatic rings. The Balaban J connectivity index is 2.84. The molecule has 1 aromatic rings. The number of benzene rings is 1. The van der Waals surface area contributed by atoms with Gasteiger partial charge in [-0.05, 0) is 18.1 Å². The highest BCUT2D eigenvalue weighted by Crippen LogP contribution is 2.13. The molecule has 132 valence electrons. The number of amides is 2. The summed E-state index contributed by atoms with van der Waals surface area (Å²) in [7, 11) is 0. The molecule has 0 heterocycles. The first kappa shape index (κ1) is 19.5. The lowest BCUT2D eigenvalue weighted by atomic mass is 10.0. The second-order valence-electron chi connectivity index (χ2n) is 5.78. The highest BCUT2D eigenvalue weighted by molar-refractivity contribution is 5.98. The van der Waals surface area contributed by atoms with E-state index in [4.69, 9.17) is 5.11 Å². The summed E-state index contributed by atoms with van der Waals surface area (Å²) in [6, 6.07) is 1.95. The fourth-order valence-electron chi connectivity index (χ4n) is 1.91. The Kier molecular flexibility index (Phi) is 6.82. The van der Waals surface area contributed by atoms with E-state index < -0.39 is 46.9 Å². The van der Waals surface area contributed by atoms with E-state index in [1.54, 1.807) is 13.8 Å². The first-order valence-corrected chi connectivity index (χ1v) is 7.40. The van der Waals surface area contributed by atoms with Crippen LogP contribution in [0, 0.1) is 23.5 Å². The summed E-state index contributed by atoms with van der Waals surface area (Å²) in [5, 5.41) is 13.5. The van der Waals surface area contributed by atoms with Crippen LogP contribution in [0.4, 0.5) is 8.78 Å². The molecule has 2 amide bonds. The van der Waals surface area contributed by atoms with E-state index in [9.17, 15) is 23.2 Å². The van der Waals surface area contributed by atoms with Gasteiger partial charge in [0.15, 0.2) is 0 Å². The molecule has 0 saturated carbocycles. The van der Waals surface area contributed by atoms with Crippen molar-refractivity contribution in [2.24, 2.45) is 11.8 Å². The molecule has 24 heavy (non-hydrogen) atoms. The lowest BCUT2D eigenvalue weighted by Crippen LogP contribution is -2.51. The molecule has 0 aliphatic heterocycles. The first-order chi connectivity index (χ1) is 11.1. The Labute approximate surface area is 138 Å². The van der Waals surface area contributed by atoms with Gasteiger partial charge < -0.3 is 15.7 Å². The summed E-state index contributed by atoms with van der Waals surface area (Å²) in [6.45, 7) is 4.58. The molecule has 0 aliphatic carbocycles. The number of carbonyl (C=O) groups excluding carboxylic acids is 2. The normalized spacial score (nSPS) is 13.2. The summed E-state index contributed by atoms with van der Waals surface area (Å²) < 4.78 is 27.3. The number of aliphatic carboxylic acids is 1. The summed E-state index contributed by atoms with van der Waals surface area (Å²) in [6.07, 6.45) is 0. The van der Waals surface area contributed by atoms with E-state index in [1.807, 2.05) is 0 Å². The van der Waals surface area contributed by atoms with Gasteiger partial charge in [-0.15, -0.1) is 0 Å². The lowest BCUT2D eigenvalue weighted by Gasteiger charge is -2.22. The molecule has 0 saturated heterocycles. The van der Waals surface area contributed by atoms with E-state index >= 15 is 0 Å². The fraction of sp³-hybridized carbons (Fsp3) is 0.438. The maximum Gasteiger partial charge on any atom is 0.308 e. The Hall–Kier alpha value is -2.51. The molecular weight excluding hydrogens is 322 g/mol. The summed E-state index contributed by atoms with van der Waals surface area (Å²) in [4.78, 5) is 35.0. The van der Waals surface area contributed by atoms with Crippen molar-refractivity contribution in [3.63, 3.8) is 0 Å². The second-order valence-corrected chi connectivity index (χ2v) is 5.78. The van der Waals surface area contributed by atoms with Crippen LogP contribution < -0.4 is 10.6 Å². The zero-order chi connectivity index (χ0) is 18.4. The summed E-state index contributed by atoms with van der Waals surface area (Å²) >= 11 is 0. The highest BCUT2D eigenvalue weighted by Gasteiger charge is 2.27. The molecule has 6 nitrogen and oxygen atoms in total. The third kappa shape index (κ3) is 5.00. The van der Waals surface area contributed by atoms with Crippen LogP contribution in [0.1, 0.15) is 31.1 Å². The monoisotopic (exact) mass is 342 g/mol. The molecular formula is C16H20F2N2O4. The van der Waals surface area contributed by atoms with Crippen molar-refractivity contribution in [2.45, 2.75) is 26.8 Å². The van der Waals surface area contributed by atoms with Crippen LogP contribution in [0.2, 0.25) is 0 Å². The smallest absolute Gasteiger partial charge is 0.308 e. The van der Waals surface area contributed by atoms with Crippen molar-refractivity contribution in [3.8, 4) is 0 Å². The topological polar surface area (TPSA) is 95.5 Å². The molecule has 0 radical (unpaired) electrons. The highest BCUT2D eigenvalue weighted by atomic mass is 19.1. The third-order valence-corrected chi connectivity index (χ3v) is 3.43. The molecule has 0 fully saturated rings. The molecule has 2 unspecified atom stereocenters. The first-order valence-electron chi connectivity index (χ1n) is 7.40. The Morgan fingerprint density at radius 3 is 2.12 bits per heavy atom. The molecule has 8 heteroatoms. The Bertz CT molecular complexity index is 614. The van der Waals surface area contributed by atoms with E-state index in [0.717, 1.165) is 18.2 Å². The number of hydrogen-bond donors (Lipinski definition) is 3. The molecule has 0 bridgehead atoms. The molecule has 2 atom stereocenters. The van der Waals surface area contributed by atoms with Crippen LogP contribution in [-0.4, -0.2) is 35.5 Å². The average molecular weight is 342 g/mol. The minimum atomic E-state index is -1.08. The maximum absolute atomic E-state index is 13.6. The van der Waals surface area contributed by atoms with Crippen LogP contribution in [-0.2, 0) is 9.59 Å². The number of rotatable bonds is 7. The van der Waals surface area contributed by atoms with Crippen LogP contribution in [0.5, 0.6) is 0 Å². The Morgan fingerprint density at radius 1 is 1.12 bits per heavy atom. The minimum Gasteiger partial charge on any atom is -0.481 e. The van der Waals surface area contributed by atoms with Crippen LogP contribution in [0.3, 0.4) is 0 Å². The van der Waals surface area contributed by atoms with Gasteiger partial charge in [-0.1, -0.05) is 26.8 Å². The van der Waals surface area contributed by atoms with Crippen LogP contribution >= 0.6 is 0 Å². The number of nitrogens with one attached hydrogen (secondary N) is 2. The van der Waals surface area contributed by atoms with E-state index in [2.05, 4.69) is 10.6 Å². The van der Waals surface area contributed by atoms with Crippen molar-refractivity contribution in [3.05, 3.63) is 35.4 Å². The van der Waals surface area contributed by atoms with Gasteiger partial charge in [-0.2, -0.15) is 0 Å².